The van der Waals surface area contributed by atoms with E-state index >= 15 is 0 Å². The van der Waals surface area contributed by atoms with E-state index in [-0.39, 0.29) is 6.04 Å². The molecule has 20 heavy (non-hydrogen) atoms. The number of ether oxygens (including phenoxy) is 2. The van der Waals surface area contributed by atoms with Crippen LogP contribution in [-0.4, -0.2) is 28.0 Å². The highest BCUT2D eigenvalue weighted by Gasteiger charge is 2.16. The van der Waals surface area contributed by atoms with Crippen LogP contribution in [0.1, 0.15) is 31.3 Å². The topological polar surface area (TPSA) is 75.2 Å². The Morgan fingerprint density at radius 3 is 2.50 bits per heavy atom. The molecule has 1 aromatic heterocycles. The Morgan fingerprint density at radius 2 is 1.90 bits per heavy atom. The second-order valence-electron chi connectivity index (χ2n) is 4.33. The van der Waals surface area contributed by atoms with Crippen molar-refractivity contribution in [1.82, 2.24) is 14.8 Å². The third-order valence-corrected chi connectivity index (χ3v) is 2.82. The zero-order valence-electron chi connectivity index (χ0n) is 12.0. The zero-order chi connectivity index (χ0) is 14.5. The molecule has 0 saturated carbocycles. The maximum Gasteiger partial charge on any atom is 0.171 e. The summed E-state index contributed by atoms with van der Waals surface area (Å²) in [7, 11) is 1.81. The van der Waals surface area contributed by atoms with E-state index in [1.54, 1.807) is 11.0 Å². The number of hydrogen-bond donors (Lipinski definition) is 1. The summed E-state index contributed by atoms with van der Waals surface area (Å²) in [5.41, 5.74) is 7.08. The van der Waals surface area contributed by atoms with E-state index in [0.717, 1.165) is 11.3 Å². The highest BCUT2D eigenvalue weighted by atomic mass is 16.5. The number of aromatic nitrogens is 3. The summed E-state index contributed by atoms with van der Waals surface area (Å²) in [6, 6.07) is 5.28. The first-order valence-electron chi connectivity index (χ1n) is 6.66. The molecule has 0 spiro atoms. The van der Waals surface area contributed by atoms with Crippen LogP contribution in [-0.2, 0) is 7.05 Å². The van der Waals surface area contributed by atoms with Crippen LogP contribution in [0.2, 0.25) is 0 Å². The standard InChI is InChI=1S/C14H20N4O2/c1-4-19-11-7-6-10(8-12(11)20-5-2)13(15)14-16-9-18(3)17-14/h6-9,13H,4-5,15H2,1-3H3/t13-/m0/s1. The molecular weight excluding hydrogens is 256 g/mol. The van der Waals surface area contributed by atoms with Crippen LogP contribution in [0.5, 0.6) is 11.5 Å². The molecule has 6 nitrogen and oxygen atoms in total. The molecule has 0 saturated heterocycles. The van der Waals surface area contributed by atoms with E-state index in [4.69, 9.17) is 15.2 Å². The summed E-state index contributed by atoms with van der Waals surface area (Å²) in [5, 5.41) is 4.23. The number of nitrogens with two attached hydrogens (primary N) is 1. The molecule has 0 radical (unpaired) electrons. The summed E-state index contributed by atoms with van der Waals surface area (Å²) in [5.74, 6) is 2.00. The zero-order valence-corrected chi connectivity index (χ0v) is 12.0. The Balaban J connectivity index is 2.29. The van der Waals surface area contributed by atoms with Crippen LogP contribution in [0.3, 0.4) is 0 Å². The summed E-state index contributed by atoms with van der Waals surface area (Å²) in [6.45, 7) is 5.03. The van der Waals surface area contributed by atoms with Crippen molar-refractivity contribution in [2.24, 2.45) is 12.8 Å². The van der Waals surface area contributed by atoms with E-state index in [0.29, 0.717) is 24.8 Å². The van der Waals surface area contributed by atoms with Gasteiger partial charge in [0.1, 0.15) is 6.33 Å². The molecule has 2 rings (SSSR count). The number of rotatable bonds is 6. The van der Waals surface area contributed by atoms with Crippen LogP contribution >= 0.6 is 0 Å². The van der Waals surface area contributed by atoms with E-state index in [1.165, 1.54) is 0 Å². The molecular formula is C14H20N4O2. The van der Waals surface area contributed by atoms with Crippen molar-refractivity contribution in [3.63, 3.8) is 0 Å². The number of benzene rings is 1. The second kappa shape index (κ2) is 6.38. The monoisotopic (exact) mass is 276 g/mol. The van der Waals surface area contributed by atoms with Gasteiger partial charge in [0, 0.05) is 7.05 Å². The van der Waals surface area contributed by atoms with Crippen LogP contribution in [0.4, 0.5) is 0 Å². The Labute approximate surface area is 118 Å². The van der Waals surface area contributed by atoms with Crippen molar-refractivity contribution in [1.29, 1.82) is 0 Å². The first kappa shape index (κ1) is 14.3. The summed E-state index contributed by atoms with van der Waals surface area (Å²) >= 11 is 0. The van der Waals surface area contributed by atoms with Crippen molar-refractivity contribution in [2.45, 2.75) is 19.9 Å². The first-order valence-corrected chi connectivity index (χ1v) is 6.66. The normalized spacial score (nSPS) is 12.2. The maximum atomic E-state index is 6.18. The van der Waals surface area contributed by atoms with E-state index in [2.05, 4.69) is 10.1 Å². The van der Waals surface area contributed by atoms with Gasteiger partial charge in [-0.3, -0.25) is 4.68 Å². The molecule has 0 fully saturated rings. The fraction of sp³-hybridized carbons (Fsp3) is 0.429. The molecule has 0 amide bonds. The quantitative estimate of drug-likeness (QED) is 0.868. The smallest absolute Gasteiger partial charge is 0.171 e. The Bertz CT molecular complexity index is 568. The lowest BCUT2D eigenvalue weighted by molar-refractivity contribution is 0.287. The minimum Gasteiger partial charge on any atom is -0.490 e. The summed E-state index contributed by atoms with van der Waals surface area (Å²) < 4.78 is 12.8. The van der Waals surface area contributed by atoms with E-state index in [1.807, 2.05) is 39.1 Å². The fourth-order valence-electron chi connectivity index (χ4n) is 1.91. The van der Waals surface area contributed by atoms with Gasteiger partial charge in [0.15, 0.2) is 17.3 Å². The molecule has 0 aliphatic rings. The van der Waals surface area contributed by atoms with Crippen molar-refractivity contribution >= 4 is 0 Å². The SMILES string of the molecule is CCOc1ccc([C@H](N)c2ncn(C)n2)cc1OCC. The van der Waals surface area contributed by atoms with Crippen molar-refractivity contribution in [2.75, 3.05) is 13.2 Å². The predicted molar refractivity (Wildman–Crippen MR) is 75.8 cm³/mol. The Kier molecular flexibility index (Phi) is 4.57. The van der Waals surface area contributed by atoms with Gasteiger partial charge >= 0.3 is 0 Å². The van der Waals surface area contributed by atoms with Gasteiger partial charge in [-0.05, 0) is 31.5 Å². The molecule has 1 atom stereocenters. The number of hydrogen-bond acceptors (Lipinski definition) is 5. The van der Waals surface area contributed by atoms with Crippen LogP contribution in [0.15, 0.2) is 24.5 Å². The fourth-order valence-corrected chi connectivity index (χ4v) is 1.91. The number of aryl methyl sites for hydroxylation is 1. The molecule has 1 aromatic carbocycles. The van der Waals surface area contributed by atoms with Gasteiger partial charge in [-0.2, -0.15) is 5.10 Å². The summed E-state index contributed by atoms with van der Waals surface area (Å²) in [4.78, 5) is 4.18. The van der Waals surface area contributed by atoms with Crippen LogP contribution in [0, 0.1) is 0 Å². The van der Waals surface area contributed by atoms with Gasteiger partial charge in [0.2, 0.25) is 0 Å². The van der Waals surface area contributed by atoms with Crippen LogP contribution in [0.25, 0.3) is 0 Å². The summed E-state index contributed by atoms with van der Waals surface area (Å²) in [6.07, 6.45) is 1.63. The van der Waals surface area contributed by atoms with Gasteiger partial charge in [0.05, 0.1) is 19.3 Å². The van der Waals surface area contributed by atoms with Crippen molar-refractivity contribution < 1.29 is 9.47 Å². The Morgan fingerprint density at radius 1 is 1.20 bits per heavy atom. The minimum atomic E-state index is -0.383. The molecule has 108 valence electrons. The molecule has 0 bridgehead atoms. The van der Waals surface area contributed by atoms with Crippen LogP contribution < -0.4 is 15.2 Å². The Hall–Kier alpha value is -2.08. The van der Waals surface area contributed by atoms with Gasteiger partial charge in [0.25, 0.3) is 0 Å². The van der Waals surface area contributed by atoms with Gasteiger partial charge in [-0.15, -0.1) is 0 Å². The maximum absolute atomic E-state index is 6.18. The van der Waals surface area contributed by atoms with Gasteiger partial charge in [-0.1, -0.05) is 6.07 Å². The minimum absolute atomic E-state index is 0.383. The third-order valence-electron chi connectivity index (χ3n) is 2.82. The lowest BCUT2D eigenvalue weighted by atomic mass is 10.1. The van der Waals surface area contributed by atoms with Gasteiger partial charge < -0.3 is 15.2 Å². The molecule has 2 N–H and O–H groups in total. The number of nitrogens with zero attached hydrogens (tertiary/aromatic N) is 3. The van der Waals surface area contributed by atoms with E-state index < -0.39 is 0 Å². The average Bonchev–Trinajstić information content (AvgIpc) is 2.87. The molecule has 0 unspecified atom stereocenters. The second-order valence-corrected chi connectivity index (χ2v) is 4.33. The molecule has 0 aliphatic carbocycles. The molecule has 6 heteroatoms. The van der Waals surface area contributed by atoms with Crippen molar-refractivity contribution in [3.8, 4) is 11.5 Å². The highest BCUT2D eigenvalue weighted by molar-refractivity contribution is 5.44. The lowest BCUT2D eigenvalue weighted by Crippen LogP contribution is -2.14. The largest absolute Gasteiger partial charge is 0.490 e. The highest BCUT2D eigenvalue weighted by Crippen LogP contribution is 2.31. The van der Waals surface area contributed by atoms with Crippen molar-refractivity contribution in [3.05, 3.63) is 35.9 Å². The van der Waals surface area contributed by atoms with Gasteiger partial charge in [-0.25, -0.2) is 4.98 Å². The average molecular weight is 276 g/mol. The molecule has 0 aliphatic heterocycles. The molecule has 2 aromatic rings. The lowest BCUT2D eigenvalue weighted by Gasteiger charge is -2.14. The third kappa shape index (κ3) is 3.08. The molecule has 1 heterocycles. The first-order chi connectivity index (χ1) is 9.65. The predicted octanol–water partition coefficient (Wildman–Crippen LogP) is 1.66. The van der Waals surface area contributed by atoms with E-state index in [9.17, 15) is 0 Å².